The summed E-state index contributed by atoms with van der Waals surface area (Å²) in [4.78, 5) is 0. The molecule has 0 radical (unpaired) electrons. The standard InChI is InChI=1S/C14H11F3O2/c1-19-12-4-2-3-11(13(12)17)14(18)8-5-9(15)7-10(16)6-8/h2-7,14,18H,1H3. The molecule has 0 heterocycles. The van der Waals surface area contributed by atoms with Gasteiger partial charge in [0.05, 0.1) is 7.11 Å². The molecular formula is C14H11F3O2. The van der Waals surface area contributed by atoms with Crippen molar-refractivity contribution in [3.63, 3.8) is 0 Å². The minimum absolute atomic E-state index is 0.0478. The Balaban J connectivity index is 2.46. The highest BCUT2D eigenvalue weighted by Crippen LogP contribution is 2.29. The zero-order chi connectivity index (χ0) is 14.0. The molecule has 2 rings (SSSR count). The third-order valence-electron chi connectivity index (χ3n) is 2.71. The lowest BCUT2D eigenvalue weighted by Gasteiger charge is -2.14. The predicted octanol–water partition coefficient (Wildman–Crippen LogP) is 3.19. The van der Waals surface area contributed by atoms with Gasteiger partial charge in [-0.15, -0.1) is 0 Å². The van der Waals surface area contributed by atoms with E-state index in [0.29, 0.717) is 6.07 Å². The SMILES string of the molecule is COc1cccc(C(O)c2cc(F)cc(F)c2)c1F. The van der Waals surface area contributed by atoms with Crippen molar-refractivity contribution in [2.45, 2.75) is 6.10 Å². The lowest BCUT2D eigenvalue weighted by molar-refractivity contribution is 0.212. The summed E-state index contributed by atoms with van der Waals surface area (Å²) < 4.78 is 44.9. The molecule has 2 aromatic rings. The molecule has 0 aromatic heterocycles. The van der Waals surface area contributed by atoms with Gasteiger partial charge in [-0.05, 0) is 23.8 Å². The average Bonchev–Trinajstić information content (AvgIpc) is 2.37. The second-order valence-corrected chi connectivity index (χ2v) is 3.97. The number of ether oxygens (including phenoxy) is 1. The number of hydrogen-bond acceptors (Lipinski definition) is 2. The molecule has 1 atom stereocenters. The summed E-state index contributed by atoms with van der Waals surface area (Å²) in [7, 11) is 1.29. The number of hydrogen-bond donors (Lipinski definition) is 1. The fourth-order valence-electron chi connectivity index (χ4n) is 1.81. The van der Waals surface area contributed by atoms with E-state index in [0.717, 1.165) is 12.1 Å². The van der Waals surface area contributed by atoms with E-state index in [-0.39, 0.29) is 16.9 Å². The lowest BCUT2D eigenvalue weighted by atomic mass is 10.0. The van der Waals surface area contributed by atoms with Gasteiger partial charge in [0.15, 0.2) is 11.6 Å². The molecular weight excluding hydrogens is 257 g/mol. The summed E-state index contributed by atoms with van der Waals surface area (Å²) in [5.74, 6) is -2.48. The van der Waals surface area contributed by atoms with Gasteiger partial charge in [0.25, 0.3) is 0 Å². The molecule has 1 N–H and O–H groups in total. The zero-order valence-electron chi connectivity index (χ0n) is 10.0. The first kappa shape index (κ1) is 13.4. The lowest BCUT2D eigenvalue weighted by Crippen LogP contribution is -2.05. The molecule has 5 heteroatoms. The molecule has 19 heavy (non-hydrogen) atoms. The van der Waals surface area contributed by atoms with Crippen LogP contribution in [-0.4, -0.2) is 12.2 Å². The maximum Gasteiger partial charge on any atom is 0.171 e. The summed E-state index contributed by atoms with van der Waals surface area (Å²) in [5.41, 5.74) is -0.172. The van der Waals surface area contributed by atoms with Gasteiger partial charge in [-0.2, -0.15) is 0 Å². The summed E-state index contributed by atoms with van der Waals surface area (Å²) in [6.07, 6.45) is -1.47. The molecule has 0 aliphatic heterocycles. The summed E-state index contributed by atoms with van der Waals surface area (Å²) >= 11 is 0. The van der Waals surface area contributed by atoms with Gasteiger partial charge < -0.3 is 9.84 Å². The van der Waals surface area contributed by atoms with Crippen LogP contribution in [0.5, 0.6) is 5.75 Å². The van der Waals surface area contributed by atoms with Crippen molar-refractivity contribution in [1.82, 2.24) is 0 Å². The highest BCUT2D eigenvalue weighted by molar-refractivity contribution is 5.37. The number of aliphatic hydroxyl groups excluding tert-OH is 1. The van der Waals surface area contributed by atoms with Crippen molar-refractivity contribution >= 4 is 0 Å². The Labute approximate surface area is 108 Å². The molecule has 2 aromatic carbocycles. The summed E-state index contributed by atoms with van der Waals surface area (Å²) in [6, 6.07) is 6.77. The Morgan fingerprint density at radius 1 is 1.05 bits per heavy atom. The number of benzene rings is 2. The monoisotopic (exact) mass is 268 g/mol. The van der Waals surface area contributed by atoms with E-state index in [1.807, 2.05) is 0 Å². The fourth-order valence-corrected chi connectivity index (χ4v) is 1.81. The Morgan fingerprint density at radius 2 is 1.68 bits per heavy atom. The molecule has 0 aliphatic carbocycles. The largest absolute Gasteiger partial charge is 0.494 e. The number of rotatable bonds is 3. The maximum absolute atomic E-state index is 13.9. The molecule has 0 aliphatic rings. The average molecular weight is 268 g/mol. The topological polar surface area (TPSA) is 29.5 Å². The van der Waals surface area contributed by atoms with E-state index < -0.39 is 23.6 Å². The van der Waals surface area contributed by atoms with Crippen LogP contribution in [0.15, 0.2) is 36.4 Å². The Morgan fingerprint density at radius 3 is 2.26 bits per heavy atom. The minimum atomic E-state index is -1.47. The number of aliphatic hydroxyl groups is 1. The summed E-state index contributed by atoms with van der Waals surface area (Å²) in [6.45, 7) is 0. The van der Waals surface area contributed by atoms with Crippen LogP contribution in [0.1, 0.15) is 17.2 Å². The second kappa shape index (κ2) is 5.32. The highest BCUT2D eigenvalue weighted by atomic mass is 19.1. The highest BCUT2D eigenvalue weighted by Gasteiger charge is 2.19. The van der Waals surface area contributed by atoms with Crippen LogP contribution in [0.4, 0.5) is 13.2 Å². The molecule has 0 bridgehead atoms. The van der Waals surface area contributed by atoms with Crippen molar-refractivity contribution < 1.29 is 23.0 Å². The molecule has 0 amide bonds. The number of methoxy groups -OCH3 is 1. The van der Waals surface area contributed by atoms with Gasteiger partial charge in [-0.25, -0.2) is 13.2 Å². The van der Waals surface area contributed by atoms with E-state index in [1.54, 1.807) is 0 Å². The van der Waals surface area contributed by atoms with Gasteiger partial charge in [0.1, 0.15) is 17.7 Å². The third kappa shape index (κ3) is 2.71. The van der Waals surface area contributed by atoms with Gasteiger partial charge in [0, 0.05) is 11.6 Å². The maximum atomic E-state index is 13.9. The van der Waals surface area contributed by atoms with Crippen LogP contribution >= 0.6 is 0 Å². The zero-order valence-corrected chi connectivity index (χ0v) is 10.0. The van der Waals surface area contributed by atoms with E-state index in [2.05, 4.69) is 0 Å². The minimum Gasteiger partial charge on any atom is -0.494 e. The van der Waals surface area contributed by atoms with Crippen molar-refractivity contribution in [3.05, 3.63) is 65.0 Å². The molecule has 0 saturated heterocycles. The Kier molecular flexibility index (Phi) is 3.76. The quantitative estimate of drug-likeness (QED) is 0.926. The number of halogens is 3. The Bertz CT molecular complexity index is 579. The van der Waals surface area contributed by atoms with Gasteiger partial charge in [0.2, 0.25) is 0 Å². The van der Waals surface area contributed by atoms with Crippen LogP contribution in [0.25, 0.3) is 0 Å². The van der Waals surface area contributed by atoms with Crippen LogP contribution in [0.3, 0.4) is 0 Å². The van der Waals surface area contributed by atoms with Crippen molar-refractivity contribution in [3.8, 4) is 5.75 Å². The first-order chi connectivity index (χ1) is 9.02. The van der Waals surface area contributed by atoms with Gasteiger partial charge in [-0.3, -0.25) is 0 Å². The Hall–Kier alpha value is -2.01. The normalized spacial score (nSPS) is 12.3. The smallest absolute Gasteiger partial charge is 0.171 e. The van der Waals surface area contributed by atoms with Crippen LogP contribution in [-0.2, 0) is 0 Å². The van der Waals surface area contributed by atoms with Crippen molar-refractivity contribution in [2.24, 2.45) is 0 Å². The molecule has 100 valence electrons. The van der Waals surface area contributed by atoms with E-state index in [1.165, 1.54) is 25.3 Å². The molecule has 2 nitrogen and oxygen atoms in total. The second-order valence-electron chi connectivity index (χ2n) is 3.97. The van der Waals surface area contributed by atoms with E-state index >= 15 is 0 Å². The molecule has 0 saturated carbocycles. The van der Waals surface area contributed by atoms with Gasteiger partial charge >= 0.3 is 0 Å². The van der Waals surface area contributed by atoms with Crippen molar-refractivity contribution in [2.75, 3.05) is 7.11 Å². The van der Waals surface area contributed by atoms with E-state index in [4.69, 9.17) is 4.74 Å². The predicted molar refractivity (Wildman–Crippen MR) is 63.4 cm³/mol. The first-order valence-electron chi connectivity index (χ1n) is 5.49. The van der Waals surface area contributed by atoms with Crippen LogP contribution < -0.4 is 4.74 Å². The van der Waals surface area contributed by atoms with Gasteiger partial charge in [-0.1, -0.05) is 12.1 Å². The van der Waals surface area contributed by atoms with Crippen LogP contribution in [0, 0.1) is 17.5 Å². The third-order valence-corrected chi connectivity index (χ3v) is 2.71. The van der Waals surface area contributed by atoms with Crippen molar-refractivity contribution in [1.29, 1.82) is 0 Å². The fraction of sp³-hybridized carbons (Fsp3) is 0.143. The summed E-state index contributed by atoms with van der Waals surface area (Å²) in [5, 5.41) is 10.0. The van der Waals surface area contributed by atoms with E-state index in [9.17, 15) is 18.3 Å². The first-order valence-corrected chi connectivity index (χ1v) is 5.49. The van der Waals surface area contributed by atoms with Crippen LogP contribution in [0.2, 0.25) is 0 Å². The molecule has 0 fully saturated rings. The molecule has 0 spiro atoms. The molecule has 1 unspecified atom stereocenters.